The Morgan fingerprint density at radius 2 is 2.25 bits per heavy atom. The summed E-state index contributed by atoms with van der Waals surface area (Å²) in [4.78, 5) is 11.7. The largest absolute Gasteiger partial charge is 0.394 e. The number of aromatic nitrogens is 4. The molecule has 4 N–H and O–H groups in total. The van der Waals surface area contributed by atoms with Gasteiger partial charge < -0.3 is 20.7 Å². The minimum atomic E-state index is -1.71. The van der Waals surface area contributed by atoms with Crippen molar-refractivity contribution >= 4 is 28.6 Å². The number of alkyl halides is 1. The molecule has 108 valence electrons. The lowest BCUT2D eigenvalue weighted by Gasteiger charge is -2.16. The van der Waals surface area contributed by atoms with Crippen LogP contribution in [-0.4, -0.2) is 54.7 Å². The first-order valence-electron chi connectivity index (χ1n) is 5.77. The Kier molecular flexibility index (Phi) is 3.21. The van der Waals surface area contributed by atoms with Gasteiger partial charge in [-0.1, -0.05) is 0 Å². The van der Waals surface area contributed by atoms with Crippen LogP contribution in [-0.2, 0) is 4.74 Å². The first-order chi connectivity index (χ1) is 9.52. The van der Waals surface area contributed by atoms with Gasteiger partial charge in [0.2, 0.25) is 5.28 Å². The van der Waals surface area contributed by atoms with E-state index in [1.807, 2.05) is 0 Å². The highest BCUT2D eigenvalue weighted by molar-refractivity contribution is 6.28. The number of halogens is 2. The zero-order chi connectivity index (χ0) is 14.4. The van der Waals surface area contributed by atoms with Gasteiger partial charge in [0.25, 0.3) is 0 Å². The Hall–Kier alpha value is -1.55. The fraction of sp³-hybridized carbons (Fsp3) is 0.500. The van der Waals surface area contributed by atoms with Crippen LogP contribution in [0.25, 0.3) is 11.2 Å². The van der Waals surface area contributed by atoms with Crippen molar-refractivity contribution in [1.29, 1.82) is 0 Å². The molecule has 0 radical (unpaired) electrons. The van der Waals surface area contributed by atoms with Crippen LogP contribution in [0.1, 0.15) is 6.23 Å². The van der Waals surface area contributed by atoms with E-state index in [-0.39, 0.29) is 22.3 Å². The average molecular weight is 304 g/mol. The molecule has 1 fully saturated rings. The number of imidazole rings is 1. The summed E-state index contributed by atoms with van der Waals surface area (Å²) in [7, 11) is 0. The number of anilines is 1. The van der Waals surface area contributed by atoms with Gasteiger partial charge in [0.05, 0.1) is 12.9 Å². The normalized spacial score (nSPS) is 30.2. The van der Waals surface area contributed by atoms with Crippen LogP contribution in [0, 0.1) is 0 Å². The number of nitrogens with zero attached hydrogens (tertiary/aromatic N) is 4. The van der Waals surface area contributed by atoms with E-state index in [1.54, 1.807) is 0 Å². The van der Waals surface area contributed by atoms with Crippen molar-refractivity contribution in [3.8, 4) is 0 Å². The van der Waals surface area contributed by atoms with E-state index < -0.39 is 31.2 Å². The quantitative estimate of drug-likeness (QED) is 0.649. The molecule has 0 aromatic carbocycles. The first-order valence-corrected chi connectivity index (χ1v) is 6.14. The van der Waals surface area contributed by atoms with E-state index in [9.17, 15) is 9.50 Å². The van der Waals surface area contributed by atoms with Gasteiger partial charge in [-0.05, 0) is 11.6 Å². The molecule has 10 heteroatoms. The van der Waals surface area contributed by atoms with E-state index >= 15 is 0 Å². The van der Waals surface area contributed by atoms with E-state index in [0.717, 1.165) is 0 Å². The topological polar surface area (TPSA) is 119 Å². The minimum absolute atomic E-state index is 0.0711. The zero-order valence-electron chi connectivity index (χ0n) is 10.0. The third-order valence-electron chi connectivity index (χ3n) is 3.16. The smallest absolute Gasteiger partial charge is 0.226 e. The maximum atomic E-state index is 13.7. The van der Waals surface area contributed by atoms with Crippen molar-refractivity contribution < 1.29 is 19.3 Å². The molecule has 0 aliphatic carbocycles. The summed E-state index contributed by atoms with van der Waals surface area (Å²) in [5, 5.41) is 18.8. The Labute approximate surface area is 117 Å². The van der Waals surface area contributed by atoms with E-state index in [4.69, 9.17) is 27.2 Å². The molecule has 0 unspecified atom stereocenters. The molecule has 1 saturated heterocycles. The van der Waals surface area contributed by atoms with Crippen molar-refractivity contribution in [3.05, 3.63) is 11.6 Å². The summed E-state index contributed by atoms with van der Waals surface area (Å²) in [6, 6.07) is 0. The second kappa shape index (κ2) is 4.77. The van der Waals surface area contributed by atoms with Gasteiger partial charge >= 0.3 is 0 Å². The summed E-state index contributed by atoms with van der Waals surface area (Å²) < 4.78 is 20.3. The third kappa shape index (κ3) is 1.90. The number of aliphatic hydroxyl groups is 2. The predicted octanol–water partition coefficient (Wildman–Crippen LogP) is -0.349. The SMILES string of the molecule is Nc1nc(Cl)nc2c1ncn2[C@@H]1O[C@H](CO)[C@@H](F)[C@H]1O. The number of aliphatic hydroxyl groups excluding tert-OH is 2. The molecule has 1 aliphatic heterocycles. The molecule has 2 aromatic heterocycles. The van der Waals surface area contributed by atoms with Gasteiger partial charge in [0.1, 0.15) is 17.7 Å². The number of nitrogens with two attached hydrogens (primary N) is 1. The Bertz CT molecular complexity index is 653. The van der Waals surface area contributed by atoms with Gasteiger partial charge in [0, 0.05) is 0 Å². The molecule has 0 bridgehead atoms. The lowest BCUT2D eigenvalue weighted by Crippen LogP contribution is -2.29. The van der Waals surface area contributed by atoms with Crippen molar-refractivity contribution in [2.45, 2.75) is 24.6 Å². The second-order valence-electron chi connectivity index (χ2n) is 4.38. The molecule has 0 saturated carbocycles. The number of rotatable bonds is 2. The molecule has 2 aromatic rings. The van der Waals surface area contributed by atoms with Crippen LogP contribution in [0.4, 0.5) is 10.2 Å². The molecule has 3 rings (SSSR count). The first kappa shape index (κ1) is 13.4. The standard InChI is InChI=1S/C10H11ClFN5O3/c11-10-15-7(13)5-8(16-10)17(2-14-5)9-6(19)4(12)3(1-18)20-9/h2-4,6,9,18-19H,1H2,(H2,13,15,16)/t3-,4-,6-,9-/m1/s1. The minimum Gasteiger partial charge on any atom is -0.394 e. The maximum absolute atomic E-state index is 13.7. The van der Waals surface area contributed by atoms with Gasteiger partial charge in [-0.15, -0.1) is 0 Å². The molecular weight excluding hydrogens is 293 g/mol. The highest BCUT2D eigenvalue weighted by Gasteiger charge is 2.45. The van der Waals surface area contributed by atoms with Crippen LogP contribution < -0.4 is 5.73 Å². The van der Waals surface area contributed by atoms with Gasteiger partial charge in [-0.3, -0.25) is 4.57 Å². The van der Waals surface area contributed by atoms with Gasteiger partial charge in [-0.25, -0.2) is 9.37 Å². The highest BCUT2D eigenvalue weighted by atomic mass is 35.5. The summed E-state index contributed by atoms with van der Waals surface area (Å²) in [5.41, 5.74) is 6.15. The van der Waals surface area contributed by atoms with Crippen LogP contribution in [0.2, 0.25) is 5.28 Å². The van der Waals surface area contributed by atoms with Gasteiger partial charge in [0.15, 0.2) is 23.9 Å². The summed E-state index contributed by atoms with van der Waals surface area (Å²) in [6.45, 7) is -0.542. The van der Waals surface area contributed by atoms with Crippen molar-refractivity contribution in [3.63, 3.8) is 0 Å². The molecule has 8 nitrogen and oxygen atoms in total. The molecule has 1 aliphatic rings. The Balaban J connectivity index is 2.07. The second-order valence-corrected chi connectivity index (χ2v) is 4.72. The lowest BCUT2D eigenvalue weighted by atomic mass is 10.1. The molecule has 4 atom stereocenters. The van der Waals surface area contributed by atoms with Crippen molar-refractivity contribution in [1.82, 2.24) is 19.5 Å². The third-order valence-corrected chi connectivity index (χ3v) is 3.33. The lowest BCUT2D eigenvalue weighted by molar-refractivity contribution is -0.0495. The number of hydrogen-bond acceptors (Lipinski definition) is 7. The van der Waals surface area contributed by atoms with E-state index in [0.29, 0.717) is 0 Å². The molecule has 0 spiro atoms. The molecular formula is C10H11ClFN5O3. The number of ether oxygens (including phenoxy) is 1. The molecule has 3 heterocycles. The Morgan fingerprint density at radius 3 is 2.90 bits per heavy atom. The average Bonchev–Trinajstić information content (AvgIpc) is 2.93. The van der Waals surface area contributed by atoms with Crippen LogP contribution in [0.3, 0.4) is 0 Å². The maximum Gasteiger partial charge on any atom is 0.226 e. The molecule has 0 amide bonds. The van der Waals surface area contributed by atoms with Crippen LogP contribution >= 0.6 is 11.6 Å². The summed E-state index contributed by atoms with van der Waals surface area (Å²) in [5.74, 6) is 0.0711. The molecule has 20 heavy (non-hydrogen) atoms. The highest BCUT2D eigenvalue weighted by Crippen LogP contribution is 2.33. The van der Waals surface area contributed by atoms with Crippen molar-refractivity contribution in [2.75, 3.05) is 12.3 Å². The van der Waals surface area contributed by atoms with E-state index in [1.165, 1.54) is 10.9 Å². The number of hydrogen-bond donors (Lipinski definition) is 3. The number of fused-ring (bicyclic) bond motifs is 1. The van der Waals surface area contributed by atoms with Crippen molar-refractivity contribution in [2.24, 2.45) is 0 Å². The number of nitrogen functional groups attached to an aromatic ring is 1. The summed E-state index contributed by atoms with van der Waals surface area (Å²) in [6.07, 6.45) is -4.05. The fourth-order valence-electron chi connectivity index (χ4n) is 2.18. The monoisotopic (exact) mass is 303 g/mol. The van der Waals surface area contributed by atoms with Crippen LogP contribution in [0.5, 0.6) is 0 Å². The van der Waals surface area contributed by atoms with Crippen LogP contribution in [0.15, 0.2) is 6.33 Å². The predicted molar refractivity (Wildman–Crippen MR) is 66.6 cm³/mol. The zero-order valence-corrected chi connectivity index (χ0v) is 10.8. The Morgan fingerprint density at radius 1 is 1.50 bits per heavy atom. The van der Waals surface area contributed by atoms with E-state index in [2.05, 4.69) is 15.0 Å². The fourth-order valence-corrected chi connectivity index (χ4v) is 2.35. The van der Waals surface area contributed by atoms with Gasteiger partial charge in [-0.2, -0.15) is 9.97 Å². The summed E-state index contributed by atoms with van der Waals surface area (Å²) >= 11 is 5.72.